The molecule has 0 saturated carbocycles. The molecule has 5 nitrogen and oxygen atoms in total. The van der Waals surface area contributed by atoms with Crippen LogP contribution in [0.25, 0.3) is 10.8 Å². The molecular weight excluding hydrogens is 382 g/mol. The molecule has 0 bridgehead atoms. The quantitative estimate of drug-likeness (QED) is 0.655. The van der Waals surface area contributed by atoms with E-state index in [0.717, 1.165) is 21.9 Å². The highest BCUT2D eigenvalue weighted by Gasteiger charge is 2.16. The van der Waals surface area contributed by atoms with Gasteiger partial charge in [0.1, 0.15) is 9.92 Å². The number of amides is 1. The number of nitrogens with one attached hydrogen (secondary N) is 1. The monoisotopic (exact) mass is 409 g/mol. The zero-order valence-corrected chi connectivity index (χ0v) is 18.3. The van der Waals surface area contributed by atoms with Crippen LogP contribution >= 0.6 is 0 Å². The van der Waals surface area contributed by atoms with E-state index < -0.39 is 9.92 Å². The first-order chi connectivity index (χ1) is 13.7. The van der Waals surface area contributed by atoms with E-state index >= 15 is 0 Å². The number of aryl methyl sites for hydroxylation is 1. The molecule has 3 rings (SSSR count). The minimum absolute atomic E-state index is 0.161. The third kappa shape index (κ3) is 4.66. The molecule has 0 saturated heterocycles. The molecule has 1 amide bonds. The second-order valence-corrected chi connectivity index (χ2v) is 9.87. The largest absolute Gasteiger partial charge is 0.345 e. The van der Waals surface area contributed by atoms with Crippen LogP contribution in [0.1, 0.15) is 34.5 Å². The molecule has 0 aliphatic carbocycles. The van der Waals surface area contributed by atoms with Crippen LogP contribution in [-0.2, 0) is 9.92 Å². The van der Waals surface area contributed by atoms with Crippen LogP contribution in [0.4, 0.5) is 5.69 Å². The number of carbonyl (C=O) groups excluding carboxylic acids is 1. The van der Waals surface area contributed by atoms with Gasteiger partial charge in [0.05, 0.1) is 11.7 Å². The molecular formula is C23H27N3O2S. The summed E-state index contributed by atoms with van der Waals surface area (Å²) >= 11 is 0. The molecule has 0 aromatic heterocycles. The lowest BCUT2D eigenvalue weighted by molar-refractivity contribution is 0.0939. The van der Waals surface area contributed by atoms with Crippen molar-refractivity contribution in [2.75, 3.05) is 20.4 Å². The number of hydrogen-bond donors (Lipinski definition) is 1. The Bertz CT molecular complexity index is 1170. The molecule has 152 valence electrons. The maximum atomic E-state index is 13.0. The number of fused-ring (bicyclic) bond motifs is 1. The molecule has 0 aliphatic heterocycles. The lowest BCUT2D eigenvalue weighted by atomic mass is 9.99. The fraction of sp³-hybridized carbons (Fsp3) is 0.261. The summed E-state index contributed by atoms with van der Waals surface area (Å²) < 4.78 is 18.5. The highest BCUT2D eigenvalue weighted by molar-refractivity contribution is 7.90. The SMILES string of the molecule is Cc1ccc(N=S(C)(=O)N(C)C)cc1C(=O)N[C@H](C)c1cccc2ccccc12. The number of hydrogen-bond acceptors (Lipinski definition) is 3. The van der Waals surface area contributed by atoms with E-state index in [1.165, 1.54) is 0 Å². The maximum absolute atomic E-state index is 13.0. The molecule has 0 aliphatic rings. The predicted octanol–water partition coefficient (Wildman–Crippen LogP) is 4.85. The third-order valence-corrected chi connectivity index (χ3v) is 6.96. The average Bonchev–Trinajstić information content (AvgIpc) is 2.68. The maximum Gasteiger partial charge on any atom is 0.252 e. The first-order valence-corrected chi connectivity index (χ1v) is 11.4. The van der Waals surface area contributed by atoms with E-state index in [9.17, 15) is 9.00 Å². The van der Waals surface area contributed by atoms with Gasteiger partial charge in [-0.05, 0) is 47.9 Å². The van der Waals surface area contributed by atoms with E-state index in [2.05, 4.69) is 27.9 Å². The van der Waals surface area contributed by atoms with Gasteiger partial charge < -0.3 is 5.32 Å². The van der Waals surface area contributed by atoms with Gasteiger partial charge in [0.15, 0.2) is 0 Å². The van der Waals surface area contributed by atoms with Gasteiger partial charge in [-0.3, -0.25) is 4.79 Å². The zero-order chi connectivity index (χ0) is 21.2. The first-order valence-electron chi connectivity index (χ1n) is 9.48. The van der Waals surface area contributed by atoms with E-state index in [4.69, 9.17) is 0 Å². The molecule has 0 spiro atoms. The van der Waals surface area contributed by atoms with E-state index in [1.807, 2.05) is 44.2 Å². The Morgan fingerprint density at radius 2 is 1.76 bits per heavy atom. The van der Waals surface area contributed by atoms with E-state index in [-0.39, 0.29) is 11.9 Å². The van der Waals surface area contributed by atoms with Crippen molar-refractivity contribution in [1.82, 2.24) is 9.62 Å². The number of rotatable bonds is 5. The Morgan fingerprint density at radius 3 is 2.48 bits per heavy atom. The summed E-state index contributed by atoms with van der Waals surface area (Å²) in [6, 6.07) is 19.4. The van der Waals surface area contributed by atoms with Crippen molar-refractivity contribution in [2.24, 2.45) is 4.36 Å². The van der Waals surface area contributed by atoms with Crippen LogP contribution in [0.2, 0.25) is 0 Å². The van der Waals surface area contributed by atoms with Crippen LogP contribution in [0.3, 0.4) is 0 Å². The van der Waals surface area contributed by atoms with Crippen molar-refractivity contribution in [1.29, 1.82) is 0 Å². The van der Waals surface area contributed by atoms with E-state index in [1.54, 1.807) is 36.8 Å². The Morgan fingerprint density at radius 1 is 1.07 bits per heavy atom. The van der Waals surface area contributed by atoms with Gasteiger partial charge in [-0.25, -0.2) is 8.51 Å². The second-order valence-electron chi connectivity index (χ2n) is 7.43. The Balaban J connectivity index is 1.91. The van der Waals surface area contributed by atoms with Crippen molar-refractivity contribution >= 4 is 32.3 Å². The van der Waals surface area contributed by atoms with Crippen LogP contribution in [0.5, 0.6) is 0 Å². The van der Waals surface area contributed by atoms with Crippen LogP contribution in [0, 0.1) is 6.92 Å². The van der Waals surface area contributed by atoms with Crippen molar-refractivity contribution in [3.8, 4) is 0 Å². The Kier molecular flexibility index (Phi) is 6.05. The summed E-state index contributed by atoms with van der Waals surface area (Å²) in [5.74, 6) is -0.174. The summed E-state index contributed by atoms with van der Waals surface area (Å²) in [7, 11) is 0.923. The third-order valence-electron chi connectivity index (χ3n) is 5.06. The van der Waals surface area contributed by atoms with Gasteiger partial charge in [-0.15, -0.1) is 0 Å². The summed E-state index contributed by atoms with van der Waals surface area (Å²) in [6.07, 6.45) is 1.58. The van der Waals surface area contributed by atoms with Gasteiger partial charge in [-0.2, -0.15) is 4.36 Å². The molecule has 0 fully saturated rings. The minimum Gasteiger partial charge on any atom is -0.345 e. The lowest BCUT2D eigenvalue weighted by Crippen LogP contribution is -2.27. The second kappa shape index (κ2) is 8.35. The highest BCUT2D eigenvalue weighted by atomic mass is 32.2. The van der Waals surface area contributed by atoms with Crippen molar-refractivity contribution in [3.05, 3.63) is 77.4 Å². The Labute approximate surface area is 173 Å². The fourth-order valence-corrected chi connectivity index (χ4v) is 3.84. The Hall–Kier alpha value is -2.70. The summed E-state index contributed by atoms with van der Waals surface area (Å²) in [6.45, 7) is 3.87. The molecule has 1 N–H and O–H groups in total. The van der Waals surface area contributed by atoms with E-state index in [0.29, 0.717) is 11.3 Å². The van der Waals surface area contributed by atoms with Crippen LogP contribution in [-0.4, -0.2) is 34.8 Å². The summed E-state index contributed by atoms with van der Waals surface area (Å²) in [4.78, 5) is 13.0. The van der Waals surface area contributed by atoms with Gasteiger partial charge in [0.2, 0.25) is 0 Å². The molecule has 3 aromatic carbocycles. The molecule has 29 heavy (non-hydrogen) atoms. The first kappa shape index (κ1) is 21.0. The van der Waals surface area contributed by atoms with Gasteiger partial charge in [0, 0.05) is 25.9 Å². The topological polar surface area (TPSA) is 61.8 Å². The van der Waals surface area contributed by atoms with Crippen LogP contribution in [0.15, 0.2) is 65.0 Å². The molecule has 6 heteroatoms. The normalized spacial score (nSPS) is 14.4. The summed E-state index contributed by atoms with van der Waals surface area (Å²) in [5.41, 5.74) is 2.98. The fourth-order valence-electron chi connectivity index (χ4n) is 3.17. The number of nitrogens with zero attached hydrogens (tertiary/aromatic N) is 2. The van der Waals surface area contributed by atoms with Crippen molar-refractivity contribution in [3.63, 3.8) is 0 Å². The minimum atomic E-state index is -2.52. The molecule has 3 aromatic rings. The van der Waals surface area contributed by atoms with Gasteiger partial charge in [0.25, 0.3) is 5.91 Å². The van der Waals surface area contributed by atoms with Crippen molar-refractivity contribution < 1.29 is 9.00 Å². The van der Waals surface area contributed by atoms with Crippen LogP contribution < -0.4 is 5.32 Å². The predicted molar refractivity (Wildman–Crippen MR) is 121 cm³/mol. The molecule has 1 unspecified atom stereocenters. The molecule has 0 heterocycles. The number of benzene rings is 3. The average molecular weight is 410 g/mol. The summed E-state index contributed by atoms with van der Waals surface area (Å²) in [5, 5.41) is 5.36. The lowest BCUT2D eigenvalue weighted by Gasteiger charge is -2.18. The number of carbonyl (C=O) groups is 1. The van der Waals surface area contributed by atoms with Gasteiger partial charge >= 0.3 is 0 Å². The standard InChI is InChI=1S/C23H27N3O2S/c1-16-13-14-19(25-29(5,28)26(3)4)15-22(16)23(27)24-17(2)20-12-8-10-18-9-6-7-11-21(18)20/h6-15,17H,1-5H3,(H,24,27)/t17-,29?/m1/s1. The zero-order valence-electron chi connectivity index (χ0n) is 17.5. The molecule has 2 atom stereocenters. The molecule has 0 radical (unpaired) electrons. The van der Waals surface area contributed by atoms with Crippen molar-refractivity contribution in [2.45, 2.75) is 19.9 Å². The van der Waals surface area contributed by atoms with Gasteiger partial charge in [-0.1, -0.05) is 48.5 Å². The smallest absolute Gasteiger partial charge is 0.252 e. The highest BCUT2D eigenvalue weighted by Crippen LogP contribution is 2.25.